The second-order valence-corrected chi connectivity index (χ2v) is 7.50. The van der Waals surface area contributed by atoms with Crippen molar-refractivity contribution in [3.05, 3.63) is 30.1 Å². The first kappa shape index (κ1) is 15.5. The van der Waals surface area contributed by atoms with Gasteiger partial charge in [0.25, 0.3) is 0 Å². The topological polar surface area (TPSA) is 24.9 Å². The molecule has 1 aromatic heterocycles. The second-order valence-electron chi connectivity index (χ2n) is 7.50. The minimum Gasteiger partial charge on any atom is -0.310 e. The number of hydrogen-bond acceptors (Lipinski definition) is 2. The minimum absolute atomic E-state index is 0.407. The predicted molar refractivity (Wildman–Crippen MR) is 85.6 cm³/mol. The zero-order chi connectivity index (χ0) is 14.6. The SMILES string of the molecule is C[C@@H](NCC1CCC(C(C)(C)C)CC1)c1cccnc1. The number of nitrogens with one attached hydrogen (secondary N) is 1. The van der Waals surface area contributed by atoms with Crippen LogP contribution in [0.5, 0.6) is 0 Å². The third-order valence-corrected chi connectivity index (χ3v) is 4.97. The summed E-state index contributed by atoms with van der Waals surface area (Å²) in [6, 6.07) is 4.58. The van der Waals surface area contributed by atoms with Crippen molar-refractivity contribution in [2.24, 2.45) is 17.3 Å². The van der Waals surface area contributed by atoms with E-state index in [0.717, 1.165) is 18.4 Å². The first-order chi connectivity index (χ1) is 9.47. The van der Waals surface area contributed by atoms with Crippen molar-refractivity contribution in [2.75, 3.05) is 6.54 Å². The predicted octanol–water partition coefficient (Wildman–Crippen LogP) is 4.58. The zero-order valence-electron chi connectivity index (χ0n) is 13.5. The Balaban J connectivity index is 1.74. The molecule has 1 fully saturated rings. The van der Waals surface area contributed by atoms with Gasteiger partial charge in [-0.15, -0.1) is 0 Å². The highest BCUT2D eigenvalue weighted by Gasteiger charge is 2.29. The lowest BCUT2D eigenvalue weighted by atomic mass is 9.70. The average Bonchev–Trinajstić information content (AvgIpc) is 2.45. The molecule has 1 N–H and O–H groups in total. The highest BCUT2D eigenvalue weighted by molar-refractivity contribution is 5.12. The van der Waals surface area contributed by atoms with E-state index in [2.05, 4.69) is 44.1 Å². The summed E-state index contributed by atoms with van der Waals surface area (Å²) < 4.78 is 0. The molecule has 2 nitrogen and oxygen atoms in total. The summed E-state index contributed by atoms with van der Waals surface area (Å²) in [6.45, 7) is 10.5. The molecule has 0 bridgehead atoms. The molecule has 1 atom stereocenters. The van der Waals surface area contributed by atoms with Crippen molar-refractivity contribution in [2.45, 2.75) is 59.4 Å². The van der Waals surface area contributed by atoms with Crippen LogP contribution in [-0.4, -0.2) is 11.5 Å². The van der Waals surface area contributed by atoms with Crippen molar-refractivity contribution in [3.8, 4) is 0 Å². The molecule has 1 saturated carbocycles. The molecular formula is C18H30N2. The maximum Gasteiger partial charge on any atom is 0.0315 e. The standard InChI is InChI=1S/C18H30N2/c1-14(16-6-5-11-19-13-16)20-12-15-7-9-17(10-8-15)18(2,3)4/h5-6,11,13-15,17,20H,7-10,12H2,1-4H3/t14-,15?,17?/m1/s1. The summed E-state index contributed by atoms with van der Waals surface area (Å²) >= 11 is 0. The molecule has 0 aliphatic heterocycles. The Bertz CT molecular complexity index is 386. The van der Waals surface area contributed by atoms with Gasteiger partial charge < -0.3 is 5.32 Å². The smallest absolute Gasteiger partial charge is 0.0315 e. The van der Waals surface area contributed by atoms with Gasteiger partial charge in [-0.2, -0.15) is 0 Å². The van der Waals surface area contributed by atoms with Gasteiger partial charge in [0.05, 0.1) is 0 Å². The van der Waals surface area contributed by atoms with Gasteiger partial charge in [-0.05, 0) is 68.0 Å². The third-order valence-electron chi connectivity index (χ3n) is 4.97. The Labute approximate surface area is 124 Å². The highest BCUT2D eigenvalue weighted by atomic mass is 14.9. The Morgan fingerprint density at radius 1 is 1.25 bits per heavy atom. The Morgan fingerprint density at radius 2 is 1.95 bits per heavy atom. The van der Waals surface area contributed by atoms with Crippen LogP contribution in [0.25, 0.3) is 0 Å². The van der Waals surface area contributed by atoms with Crippen molar-refractivity contribution in [1.82, 2.24) is 10.3 Å². The fraction of sp³-hybridized carbons (Fsp3) is 0.722. The summed E-state index contributed by atoms with van der Waals surface area (Å²) in [5.74, 6) is 1.77. The second kappa shape index (κ2) is 6.71. The van der Waals surface area contributed by atoms with Crippen LogP contribution in [0.3, 0.4) is 0 Å². The van der Waals surface area contributed by atoms with Crippen molar-refractivity contribution in [1.29, 1.82) is 0 Å². The van der Waals surface area contributed by atoms with Crippen LogP contribution in [0, 0.1) is 17.3 Å². The van der Waals surface area contributed by atoms with Crippen LogP contribution in [0.4, 0.5) is 0 Å². The van der Waals surface area contributed by atoms with E-state index in [4.69, 9.17) is 0 Å². The molecule has 0 aromatic carbocycles. The minimum atomic E-state index is 0.407. The Kier molecular flexibility index (Phi) is 5.20. The third kappa shape index (κ3) is 4.31. The summed E-state index contributed by atoms with van der Waals surface area (Å²) in [6.07, 6.45) is 9.37. The maximum atomic E-state index is 4.20. The van der Waals surface area contributed by atoms with Crippen LogP contribution in [-0.2, 0) is 0 Å². The normalized spacial score (nSPS) is 25.4. The first-order valence-corrected chi connectivity index (χ1v) is 8.10. The van der Waals surface area contributed by atoms with E-state index in [1.807, 2.05) is 18.5 Å². The fourth-order valence-corrected chi connectivity index (χ4v) is 3.33. The van der Waals surface area contributed by atoms with Crippen LogP contribution in [0.2, 0.25) is 0 Å². The number of hydrogen-bond donors (Lipinski definition) is 1. The highest BCUT2D eigenvalue weighted by Crippen LogP contribution is 2.39. The average molecular weight is 274 g/mol. The van der Waals surface area contributed by atoms with Gasteiger partial charge in [0.15, 0.2) is 0 Å². The molecular weight excluding hydrogens is 244 g/mol. The van der Waals surface area contributed by atoms with Gasteiger partial charge in [0, 0.05) is 18.4 Å². The molecule has 20 heavy (non-hydrogen) atoms. The van der Waals surface area contributed by atoms with Crippen LogP contribution in [0.15, 0.2) is 24.5 Å². The van der Waals surface area contributed by atoms with Crippen LogP contribution < -0.4 is 5.32 Å². The van der Waals surface area contributed by atoms with E-state index in [0.29, 0.717) is 11.5 Å². The Morgan fingerprint density at radius 3 is 2.50 bits per heavy atom. The van der Waals surface area contributed by atoms with Crippen molar-refractivity contribution in [3.63, 3.8) is 0 Å². The summed E-state index contributed by atoms with van der Waals surface area (Å²) in [4.78, 5) is 4.20. The molecule has 0 saturated heterocycles. The lowest BCUT2D eigenvalue weighted by molar-refractivity contribution is 0.148. The molecule has 1 aromatic rings. The molecule has 1 heterocycles. The van der Waals surface area contributed by atoms with Gasteiger partial charge in [-0.3, -0.25) is 4.98 Å². The summed E-state index contributed by atoms with van der Waals surface area (Å²) in [5.41, 5.74) is 1.78. The first-order valence-electron chi connectivity index (χ1n) is 8.10. The number of nitrogens with zero attached hydrogens (tertiary/aromatic N) is 1. The molecule has 112 valence electrons. The zero-order valence-corrected chi connectivity index (χ0v) is 13.5. The lowest BCUT2D eigenvalue weighted by Crippen LogP contribution is -2.31. The van der Waals surface area contributed by atoms with Crippen molar-refractivity contribution < 1.29 is 0 Å². The van der Waals surface area contributed by atoms with Crippen molar-refractivity contribution >= 4 is 0 Å². The molecule has 0 spiro atoms. The number of pyridine rings is 1. The fourth-order valence-electron chi connectivity index (χ4n) is 3.33. The molecule has 2 heteroatoms. The summed E-state index contributed by atoms with van der Waals surface area (Å²) in [5, 5.41) is 3.68. The molecule has 0 amide bonds. The van der Waals surface area contributed by atoms with Crippen LogP contribution in [0.1, 0.15) is 65.0 Å². The van der Waals surface area contributed by atoms with E-state index in [9.17, 15) is 0 Å². The van der Waals surface area contributed by atoms with Gasteiger partial charge in [-0.25, -0.2) is 0 Å². The van der Waals surface area contributed by atoms with E-state index in [1.54, 1.807) is 0 Å². The lowest BCUT2D eigenvalue weighted by Gasteiger charge is -2.37. The number of rotatable bonds is 4. The van der Waals surface area contributed by atoms with E-state index in [-0.39, 0.29) is 0 Å². The van der Waals surface area contributed by atoms with Gasteiger partial charge in [0.1, 0.15) is 0 Å². The van der Waals surface area contributed by atoms with E-state index in [1.165, 1.54) is 31.2 Å². The Hall–Kier alpha value is -0.890. The van der Waals surface area contributed by atoms with Gasteiger partial charge in [0.2, 0.25) is 0 Å². The van der Waals surface area contributed by atoms with Crippen LogP contribution >= 0.6 is 0 Å². The molecule has 1 aliphatic rings. The van der Waals surface area contributed by atoms with E-state index < -0.39 is 0 Å². The molecule has 0 unspecified atom stereocenters. The quantitative estimate of drug-likeness (QED) is 0.869. The molecule has 1 aliphatic carbocycles. The molecule has 2 rings (SSSR count). The monoisotopic (exact) mass is 274 g/mol. The number of aromatic nitrogens is 1. The van der Waals surface area contributed by atoms with Gasteiger partial charge in [-0.1, -0.05) is 26.8 Å². The summed E-state index contributed by atoms with van der Waals surface area (Å²) in [7, 11) is 0. The largest absolute Gasteiger partial charge is 0.310 e. The van der Waals surface area contributed by atoms with Gasteiger partial charge >= 0.3 is 0 Å². The molecule has 0 radical (unpaired) electrons. The maximum absolute atomic E-state index is 4.20. The van der Waals surface area contributed by atoms with E-state index >= 15 is 0 Å².